The molecule has 5 rings (SSSR count). The molecule has 286 valence electrons. The van der Waals surface area contributed by atoms with Gasteiger partial charge in [-0.3, -0.25) is 4.79 Å². The number of nitrogens with zero attached hydrogens (tertiary/aromatic N) is 4. The molecule has 3 aromatic rings. The number of hydrogen-bond donors (Lipinski definition) is 4. The van der Waals surface area contributed by atoms with Gasteiger partial charge in [-0.25, -0.2) is 22.6 Å². The summed E-state index contributed by atoms with van der Waals surface area (Å²) in [5.74, 6) is -4.40. The van der Waals surface area contributed by atoms with Crippen molar-refractivity contribution in [3.05, 3.63) is 53.3 Å². The number of aromatic nitrogens is 4. The van der Waals surface area contributed by atoms with Gasteiger partial charge in [0.1, 0.15) is 35.8 Å². The molecule has 1 saturated heterocycles. The van der Waals surface area contributed by atoms with E-state index in [1.807, 2.05) is 40.7 Å². The van der Waals surface area contributed by atoms with Crippen molar-refractivity contribution in [3.8, 4) is 11.3 Å². The molecule has 2 aliphatic rings. The normalized spacial score (nSPS) is 25.9. The lowest BCUT2D eigenvalue weighted by Crippen LogP contribution is -2.57. The summed E-state index contributed by atoms with van der Waals surface area (Å²) in [6.45, 7) is 8.59. The first-order valence-corrected chi connectivity index (χ1v) is 17.4. The molecular formula is C35H47F3N6O8. The van der Waals surface area contributed by atoms with Gasteiger partial charge in [0, 0.05) is 42.7 Å². The number of aliphatic hydroxyl groups is 2. The molecule has 0 unspecified atom stereocenters. The standard InChI is InChI=1S/C35H47F3N6O8/c1-17(2)31(51-34(48)40-35(3,4)5)33(47)39-20-9-7-18(8-10-20)24-13-21(52-42-24)14-26-32(49-6)29(30(46)27(16-45)50-26)44-15-25(41-43-44)19-11-22(36)28(38)23(37)12-19/h11-13,15,17-18,20,26-27,29-32,45-46H,7-10,14,16H2,1-6H3,(H,39,47)(H,40,48)/t18?,20?,26-,27-,29+,30+,31+,32+/m1/s1. The number of nitrogens with one attached hydrogen (secondary N) is 2. The topological polar surface area (TPSA) is 183 Å². The predicted molar refractivity (Wildman–Crippen MR) is 178 cm³/mol. The number of halogens is 3. The minimum atomic E-state index is -1.61. The molecule has 17 heteroatoms. The predicted octanol–water partition coefficient (Wildman–Crippen LogP) is 3.96. The van der Waals surface area contributed by atoms with Gasteiger partial charge in [-0.1, -0.05) is 24.2 Å². The fraction of sp³-hybridized carbons (Fsp3) is 0.629. The molecule has 1 aliphatic heterocycles. The Morgan fingerprint density at radius 1 is 1.08 bits per heavy atom. The zero-order valence-corrected chi connectivity index (χ0v) is 30.0. The summed E-state index contributed by atoms with van der Waals surface area (Å²) in [7, 11) is 1.42. The highest BCUT2D eigenvalue weighted by Crippen LogP contribution is 2.36. The molecule has 4 N–H and O–H groups in total. The average Bonchev–Trinajstić information content (AvgIpc) is 3.76. The van der Waals surface area contributed by atoms with Gasteiger partial charge in [-0.15, -0.1) is 5.10 Å². The number of aliphatic hydroxyl groups excluding tert-OH is 2. The van der Waals surface area contributed by atoms with Crippen molar-refractivity contribution in [2.75, 3.05) is 13.7 Å². The Balaban J connectivity index is 1.21. The summed E-state index contributed by atoms with van der Waals surface area (Å²) >= 11 is 0. The summed E-state index contributed by atoms with van der Waals surface area (Å²) in [6.07, 6.45) is -1.21. The lowest BCUT2D eigenvalue weighted by atomic mass is 9.83. The van der Waals surface area contributed by atoms with E-state index in [1.165, 1.54) is 18.0 Å². The Hall–Kier alpha value is -4.06. The van der Waals surface area contributed by atoms with Crippen molar-refractivity contribution < 1.29 is 51.7 Å². The maximum absolute atomic E-state index is 13.9. The Labute approximate surface area is 299 Å². The van der Waals surface area contributed by atoms with Crippen molar-refractivity contribution in [1.29, 1.82) is 0 Å². The van der Waals surface area contributed by atoms with E-state index >= 15 is 0 Å². The van der Waals surface area contributed by atoms with Crippen LogP contribution in [0.4, 0.5) is 18.0 Å². The molecule has 3 heterocycles. The second-order valence-electron chi connectivity index (χ2n) is 14.8. The van der Waals surface area contributed by atoms with E-state index in [0.717, 1.165) is 30.7 Å². The first kappa shape index (κ1) is 39.2. The van der Waals surface area contributed by atoms with Gasteiger partial charge in [0.25, 0.3) is 5.91 Å². The van der Waals surface area contributed by atoms with E-state index in [-0.39, 0.29) is 41.5 Å². The monoisotopic (exact) mass is 736 g/mol. The maximum atomic E-state index is 13.9. The van der Waals surface area contributed by atoms with Crippen LogP contribution < -0.4 is 10.6 Å². The van der Waals surface area contributed by atoms with Crippen LogP contribution in [0.3, 0.4) is 0 Å². The number of alkyl carbamates (subject to hydrolysis) is 1. The molecule has 0 spiro atoms. The minimum Gasteiger partial charge on any atom is -0.436 e. The summed E-state index contributed by atoms with van der Waals surface area (Å²) in [4.78, 5) is 25.4. The van der Waals surface area contributed by atoms with Crippen LogP contribution in [0.2, 0.25) is 0 Å². The number of hydrogen-bond acceptors (Lipinski definition) is 11. The average molecular weight is 737 g/mol. The summed E-state index contributed by atoms with van der Waals surface area (Å²) < 4.78 is 65.6. The zero-order chi connectivity index (χ0) is 37.9. The van der Waals surface area contributed by atoms with Gasteiger partial charge < -0.3 is 39.6 Å². The number of amides is 2. The minimum absolute atomic E-state index is 0.0224. The largest absolute Gasteiger partial charge is 0.436 e. The zero-order valence-electron chi connectivity index (χ0n) is 30.0. The maximum Gasteiger partial charge on any atom is 0.408 e. The number of benzene rings is 1. The SMILES string of the molecule is CO[C@@H]1[C@@H](n2cc(-c3cc(F)c(F)c(F)c3)nn2)[C@@H](O)[C@@H](CO)O[C@@H]1Cc1cc(C2CCC(NC(=O)[C@@H](OC(=O)NC(C)(C)C)C(C)C)CC2)no1. The molecule has 1 aliphatic carbocycles. The Morgan fingerprint density at radius 2 is 1.75 bits per heavy atom. The second-order valence-corrected chi connectivity index (χ2v) is 14.8. The molecule has 1 aromatic carbocycles. The number of carbonyl (C=O) groups excluding carboxylic acids is 2. The smallest absolute Gasteiger partial charge is 0.408 e. The molecule has 2 aromatic heterocycles. The molecule has 52 heavy (non-hydrogen) atoms. The number of methoxy groups -OCH3 is 1. The molecule has 1 saturated carbocycles. The van der Waals surface area contributed by atoms with Crippen LogP contribution in [0, 0.1) is 23.4 Å². The van der Waals surface area contributed by atoms with Crippen LogP contribution in [0.15, 0.2) is 28.9 Å². The molecule has 2 fully saturated rings. The van der Waals surface area contributed by atoms with Crippen LogP contribution in [0.25, 0.3) is 11.3 Å². The summed E-state index contributed by atoms with van der Waals surface area (Å²) in [6, 6.07) is 2.37. The molecule has 2 amide bonds. The highest BCUT2D eigenvalue weighted by atomic mass is 19.2. The van der Waals surface area contributed by atoms with Gasteiger partial charge in [-0.05, 0) is 64.5 Å². The van der Waals surface area contributed by atoms with Gasteiger partial charge in [0.15, 0.2) is 23.6 Å². The fourth-order valence-corrected chi connectivity index (χ4v) is 6.76. The lowest BCUT2D eigenvalue weighted by molar-refractivity contribution is -0.212. The summed E-state index contributed by atoms with van der Waals surface area (Å²) in [5, 5.41) is 39.3. The van der Waals surface area contributed by atoms with Crippen molar-refractivity contribution in [1.82, 2.24) is 30.8 Å². The van der Waals surface area contributed by atoms with E-state index in [0.29, 0.717) is 18.6 Å². The van der Waals surface area contributed by atoms with Crippen LogP contribution in [-0.2, 0) is 25.4 Å². The summed E-state index contributed by atoms with van der Waals surface area (Å²) in [5.41, 5.74) is 0.198. The van der Waals surface area contributed by atoms with Crippen LogP contribution in [0.5, 0.6) is 0 Å². The van der Waals surface area contributed by atoms with Crippen molar-refractivity contribution >= 4 is 12.0 Å². The van der Waals surface area contributed by atoms with Crippen molar-refractivity contribution in [2.45, 2.75) is 121 Å². The van der Waals surface area contributed by atoms with E-state index < -0.39 is 72.3 Å². The lowest BCUT2D eigenvalue weighted by Gasteiger charge is -2.43. The highest BCUT2D eigenvalue weighted by molar-refractivity contribution is 5.84. The first-order valence-electron chi connectivity index (χ1n) is 17.4. The van der Waals surface area contributed by atoms with E-state index in [2.05, 4.69) is 26.1 Å². The van der Waals surface area contributed by atoms with E-state index in [4.69, 9.17) is 18.7 Å². The van der Waals surface area contributed by atoms with Gasteiger partial charge >= 0.3 is 6.09 Å². The third-order valence-corrected chi connectivity index (χ3v) is 9.38. The molecule has 6 atom stereocenters. The van der Waals surface area contributed by atoms with Crippen LogP contribution >= 0.6 is 0 Å². The van der Waals surface area contributed by atoms with Crippen LogP contribution in [-0.4, -0.2) is 98.2 Å². The number of ether oxygens (including phenoxy) is 3. The first-order chi connectivity index (χ1) is 24.6. The van der Waals surface area contributed by atoms with Gasteiger partial charge in [-0.2, -0.15) is 0 Å². The molecule has 0 radical (unpaired) electrons. The third kappa shape index (κ3) is 9.11. The third-order valence-electron chi connectivity index (χ3n) is 9.38. The molecule has 14 nitrogen and oxygen atoms in total. The van der Waals surface area contributed by atoms with E-state index in [9.17, 15) is 33.0 Å². The van der Waals surface area contributed by atoms with Crippen LogP contribution in [0.1, 0.15) is 83.7 Å². The second kappa shape index (κ2) is 16.3. The van der Waals surface area contributed by atoms with E-state index in [1.54, 1.807) is 0 Å². The quantitative estimate of drug-likeness (QED) is 0.209. The van der Waals surface area contributed by atoms with Crippen molar-refractivity contribution in [3.63, 3.8) is 0 Å². The van der Waals surface area contributed by atoms with Gasteiger partial charge in [0.2, 0.25) is 0 Å². The number of carbonyl (C=O) groups is 2. The van der Waals surface area contributed by atoms with Gasteiger partial charge in [0.05, 0.1) is 24.6 Å². The Bertz CT molecular complexity index is 1670. The van der Waals surface area contributed by atoms with Crippen molar-refractivity contribution in [2.24, 2.45) is 5.92 Å². The Kier molecular flexibility index (Phi) is 12.3. The Morgan fingerprint density at radius 3 is 2.35 bits per heavy atom. The number of rotatable bonds is 11. The molecular weight excluding hydrogens is 689 g/mol. The fourth-order valence-electron chi connectivity index (χ4n) is 6.76. The molecule has 0 bridgehead atoms. The highest BCUT2D eigenvalue weighted by Gasteiger charge is 2.47.